The highest BCUT2D eigenvalue weighted by Crippen LogP contribution is 2.29. The Balaban J connectivity index is 1.87. The zero-order chi connectivity index (χ0) is 23.3. The van der Waals surface area contributed by atoms with Gasteiger partial charge in [-0.05, 0) is 36.4 Å². The van der Waals surface area contributed by atoms with Crippen LogP contribution in [0.25, 0.3) is 0 Å². The zero-order valence-electron chi connectivity index (χ0n) is 16.0. The molecule has 0 saturated carbocycles. The van der Waals surface area contributed by atoms with E-state index in [9.17, 15) is 28.6 Å². The van der Waals surface area contributed by atoms with Crippen LogP contribution in [0.15, 0.2) is 76.7 Å². The third-order valence-electron chi connectivity index (χ3n) is 4.08. The topological polar surface area (TPSA) is 157 Å². The summed E-state index contributed by atoms with van der Waals surface area (Å²) in [5, 5.41) is 26.6. The first-order valence-corrected chi connectivity index (χ1v) is 10.6. The Labute approximate surface area is 186 Å². The summed E-state index contributed by atoms with van der Waals surface area (Å²) in [7, 11) is -4.14. The largest absolute Gasteiger partial charge is 0.295 e. The molecule has 0 amide bonds. The van der Waals surface area contributed by atoms with Crippen LogP contribution in [0, 0.1) is 20.2 Å². The fraction of sp³-hybridized carbons (Fsp3) is 0. The SMILES string of the molecule is O=[N+]([O-])c1ccccc1/C=N/Nc1ccc(S(=O)(=O)Nc2cccc(Cl)c2)cc1[N+](=O)[O-]. The van der Waals surface area contributed by atoms with E-state index in [0.717, 1.165) is 18.3 Å². The van der Waals surface area contributed by atoms with Crippen LogP contribution < -0.4 is 10.1 Å². The average molecular weight is 476 g/mol. The predicted octanol–water partition coefficient (Wildman–Crippen LogP) is 4.40. The molecule has 11 nitrogen and oxygen atoms in total. The normalized spacial score (nSPS) is 11.3. The maximum atomic E-state index is 12.6. The molecule has 0 spiro atoms. The smallest absolute Gasteiger partial charge is 0.280 e. The van der Waals surface area contributed by atoms with Gasteiger partial charge < -0.3 is 0 Å². The van der Waals surface area contributed by atoms with Gasteiger partial charge in [0, 0.05) is 17.2 Å². The Morgan fingerprint density at radius 2 is 1.62 bits per heavy atom. The number of sulfonamides is 1. The van der Waals surface area contributed by atoms with Gasteiger partial charge in [0.15, 0.2) is 0 Å². The minimum atomic E-state index is -4.14. The minimum Gasteiger partial charge on any atom is -0.280 e. The van der Waals surface area contributed by atoms with Gasteiger partial charge in [-0.25, -0.2) is 8.42 Å². The van der Waals surface area contributed by atoms with Crippen molar-refractivity contribution in [1.82, 2.24) is 0 Å². The van der Waals surface area contributed by atoms with Crippen LogP contribution in [-0.2, 0) is 10.0 Å². The highest BCUT2D eigenvalue weighted by atomic mass is 35.5. The van der Waals surface area contributed by atoms with Gasteiger partial charge in [0.1, 0.15) is 5.69 Å². The van der Waals surface area contributed by atoms with Crippen molar-refractivity contribution in [3.8, 4) is 0 Å². The van der Waals surface area contributed by atoms with Gasteiger partial charge in [-0.3, -0.25) is 30.4 Å². The molecule has 32 heavy (non-hydrogen) atoms. The molecule has 3 aromatic carbocycles. The third kappa shape index (κ3) is 5.36. The molecule has 0 radical (unpaired) electrons. The molecule has 0 aliphatic heterocycles. The number of nitrogens with zero attached hydrogens (tertiary/aromatic N) is 3. The minimum absolute atomic E-state index is 0.105. The Morgan fingerprint density at radius 1 is 0.906 bits per heavy atom. The number of nitrogens with one attached hydrogen (secondary N) is 2. The Morgan fingerprint density at radius 3 is 2.31 bits per heavy atom. The van der Waals surface area contributed by atoms with Crippen molar-refractivity contribution < 1.29 is 18.3 Å². The van der Waals surface area contributed by atoms with Gasteiger partial charge in [-0.15, -0.1) is 0 Å². The van der Waals surface area contributed by atoms with Gasteiger partial charge in [0.2, 0.25) is 0 Å². The van der Waals surface area contributed by atoms with Crippen molar-refractivity contribution in [2.75, 3.05) is 10.1 Å². The standard InChI is InChI=1S/C19H14ClN5O6S/c20-14-5-3-6-15(10-14)23-32(30,31)16-8-9-17(19(11-16)25(28)29)22-21-12-13-4-1-2-7-18(13)24(26)27/h1-12,22-23H/b21-12+. The quantitative estimate of drug-likeness (QED) is 0.277. The summed E-state index contributed by atoms with van der Waals surface area (Å²) in [4.78, 5) is 20.8. The van der Waals surface area contributed by atoms with Crippen molar-refractivity contribution in [3.63, 3.8) is 0 Å². The lowest BCUT2D eigenvalue weighted by Gasteiger charge is -2.09. The number of halogens is 1. The number of para-hydroxylation sites is 1. The number of nitro groups is 2. The van der Waals surface area contributed by atoms with E-state index in [-0.39, 0.29) is 27.5 Å². The van der Waals surface area contributed by atoms with E-state index in [1.165, 1.54) is 36.4 Å². The summed E-state index contributed by atoms with van der Waals surface area (Å²) in [5.41, 5.74) is 1.93. The third-order valence-corrected chi connectivity index (χ3v) is 5.69. The van der Waals surface area contributed by atoms with Crippen LogP contribution in [0.3, 0.4) is 0 Å². The van der Waals surface area contributed by atoms with E-state index >= 15 is 0 Å². The Hall–Kier alpha value is -4.03. The van der Waals surface area contributed by atoms with Gasteiger partial charge in [0.25, 0.3) is 21.4 Å². The molecule has 13 heteroatoms. The Kier molecular flexibility index (Phi) is 6.66. The summed E-state index contributed by atoms with van der Waals surface area (Å²) in [5.74, 6) is 0. The summed E-state index contributed by atoms with van der Waals surface area (Å²) < 4.78 is 27.5. The van der Waals surface area contributed by atoms with Crippen molar-refractivity contribution in [2.24, 2.45) is 5.10 Å². The number of benzene rings is 3. The monoisotopic (exact) mass is 475 g/mol. The number of hydrazone groups is 1. The van der Waals surface area contributed by atoms with E-state index in [1.54, 1.807) is 18.2 Å². The number of anilines is 2. The molecule has 0 aliphatic rings. The molecule has 3 aromatic rings. The van der Waals surface area contributed by atoms with Crippen LogP contribution in [0.4, 0.5) is 22.7 Å². The molecule has 0 heterocycles. The van der Waals surface area contributed by atoms with Gasteiger partial charge in [-0.1, -0.05) is 29.8 Å². The van der Waals surface area contributed by atoms with E-state index in [4.69, 9.17) is 11.6 Å². The van der Waals surface area contributed by atoms with Crippen LogP contribution >= 0.6 is 11.6 Å². The van der Waals surface area contributed by atoms with E-state index in [1.807, 2.05) is 0 Å². The van der Waals surface area contributed by atoms with Crippen LogP contribution in [-0.4, -0.2) is 24.5 Å². The lowest BCUT2D eigenvalue weighted by Crippen LogP contribution is -2.13. The fourth-order valence-corrected chi connectivity index (χ4v) is 3.88. The maximum Gasteiger partial charge on any atom is 0.295 e. The number of rotatable bonds is 8. The number of hydrogen-bond donors (Lipinski definition) is 2. The molecule has 0 unspecified atom stereocenters. The lowest BCUT2D eigenvalue weighted by atomic mass is 10.2. The van der Waals surface area contributed by atoms with Crippen molar-refractivity contribution in [1.29, 1.82) is 0 Å². The van der Waals surface area contributed by atoms with Crippen LogP contribution in [0.5, 0.6) is 0 Å². The van der Waals surface area contributed by atoms with Crippen LogP contribution in [0.1, 0.15) is 5.56 Å². The van der Waals surface area contributed by atoms with Crippen molar-refractivity contribution in [2.45, 2.75) is 4.90 Å². The second kappa shape index (κ2) is 9.41. The molecule has 3 rings (SSSR count). The fourth-order valence-electron chi connectivity index (χ4n) is 2.62. The summed E-state index contributed by atoms with van der Waals surface area (Å²) in [6, 6.07) is 15.0. The maximum absolute atomic E-state index is 12.6. The van der Waals surface area contributed by atoms with Gasteiger partial charge in [-0.2, -0.15) is 5.10 Å². The zero-order valence-corrected chi connectivity index (χ0v) is 17.6. The molecule has 0 atom stereocenters. The number of hydrogen-bond acceptors (Lipinski definition) is 8. The Bertz CT molecular complexity index is 1330. The highest BCUT2D eigenvalue weighted by Gasteiger charge is 2.22. The van der Waals surface area contributed by atoms with E-state index in [0.29, 0.717) is 5.02 Å². The molecule has 0 bridgehead atoms. The number of nitro benzene ring substituents is 2. The molecule has 0 aliphatic carbocycles. The summed E-state index contributed by atoms with van der Waals surface area (Å²) in [6.07, 6.45) is 1.13. The predicted molar refractivity (Wildman–Crippen MR) is 120 cm³/mol. The highest BCUT2D eigenvalue weighted by molar-refractivity contribution is 7.92. The first-order chi connectivity index (χ1) is 15.2. The molecule has 164 valence electrons. The second-order valence-corrected chi connectivity index (χ2v) is 8.36. The summed E-state index contributed by atoms with van der Waals surface area (Å²) >= 11 is 5.84. The van der Waals surface area contributed by atoms with E-state index < -0.39 is 25.6 Å². The lowest BCUT2D eigenvalue weighted by molar-refractivity contribution is -0.385. The second-order valence-electron chi connectivity index (χ2n) is 6.24. The van der Waals surface area contributed by atoms with Gasteiger partial charge >= 0.3 is 0 Å². The van der Waals surface area contributed by atoms with Gasteiger partial charge in [0.05, 0.1) is 32.2 Å². The van der Waals surface area contributed by atoms with Crippen LogP contribution in [0.2, 0.25) is 5.02 Å². The average Bonchev–Trinajstić information content (AvgIpc) is 2.73. The molecule has 0 aromatic heterocycles. The molecule has 2 N–H and O–H groups in total. The summed E-state index contributed by atoms with van der Waals surface area (Å²) in [6.45, 7) is 0. The molecule has 0 fully saturated rings. The molecule has 0 saturated heterocycles. The molecular formula is C19H14ClN5O6S. The first kappa shape index (κ1) is 22.7. The van der Waals surface area contributed by atoms with Crippen molar-refractivity contribution >= 4 is 50.6 Å². The van der Waals surface area contributed by atoms with E-state index in [2.05, 4.69) is 15.2 Å². The van der Waals surface area contributed by atoms with Crippen molar-refractivity contribution in [3.05, 3.63) is 97.5 Å². The molecular weight excluding hydrogens is 462 g/mol. The first-order valence-electron chi connectivity index (χ1n) is 8.77.